The summed E-state index contributed by atoms with van der Waals surface area (Å²) < 4.78 is 10.6. The molecule has 1 atom stereocenters. The lowest BCUT2D eigenvalue weighted by molar-refractivity contribution is 0.0519. The molecule has 5 nitrogen and oxygen atoms in total. The average Bonchev–Trinajstić information content (AvgIpc) is 2.61. The zero-order valence-corrected chi connectivity index (χ0v) is 15.6. The Morgan fingerprint density at radius 1 is 1.24 bits per heavy atom. The number of nitrogens with zero attached hydrogens (tertiary/aromatic N) is 1. The molecule has 0 radical (unpaired) electrons. The van der Waals surface area contributed by atoms with Gasteiger partial charge in [-0.2, -0.15) is 0 Å². The second-order valence-corrected chi connectivity index (χ2v) is 7.06. The predicted molar refractivity (Wildman–Crippen MR) is 98.0 cm³/mol. The first-order valence-corrected chi connectivity index (χ1v) is 9.27. The van der Waals surface area contributed by atoms with Crippen LogP contribution in [0, 0.1) is 5.92 Å². The minimum Gasteiger partial charge on any atom is -0.491 e. The van der Waals surface area contributed by atoms with E-state index in [1.807, 2.05) is 0 Å². The van der Waals surface area contributed by atoms with E-state index in [-0.39, 0.29) is 12.6 Å². The first-order chi connectivity index (χ1) is 12.0. The molecule has 140 valence electrons. The van der Waals surface area contributed by atoms with Crippen molar-refractivity contribution < 1.29 is 19.4 Å². The lowest BCUT2D eigenvalue weighted by atomic mass is 9.87. The highest BCUT2D eigenvalue weighted by Crippen LogP contribution is 2.26. The summed E-state index contributed by atoms with van der Waals surface area (Å²) in [6.45, 7) is 5.30. The number of benzene rings is 1. The number of carbonyl (C=O) groups is 1. The van der Waals surface area contributed by atoms with Crippen molar-refractivity contribution in [3.05, 3.63) is 29.8 Å². The molecule has 0 heterocycles. The van der Waals surface area contributed by atoms with Crippen molar-refractivity contribution in [3.63, 3.8) is 0 Å². The summed E-state index contributed by atoms with van der Waals surface area (Å²) in [7, 11) is 2.08. The van der Waals surface area contributed by atoms with E-state index in [9.17, 15) is 9.90 Å². The van der Waals surface area contributed by atoms with E-state index in [1.165, 1.54) is 25.7 Å². The Bertz CT molecular complexity index is 523. The highest BCUT2D eigenvalue weighted by atomic mass is 16.5. The van der Waals surface area contributed by atoms with Gasteiger partial charge >= 0.3 is 5.97 Å². The summed E-state index contributed by atoms with van der Waals surface area (Å²) in [4.78, 5) is 13.9. The fraction of sp³-hybridized carbons (Fsp3) is 0.650. The quantitative estimate of drug-likeness (QED) is 0.731. The van der Waals surface area contributed by atoms with E-state index < -0.39 is 6.10 Å². The highest BCUT2D eigenvalue weighted by Gasteiger charge is 2.23. The molecule has 0 aliphatic heterocycles. The van der Waals surface area contributed by atoms with Crippen molar-refractivity contribution in [3.8, 4) is 5.75 Å². The second-order valence-electron chi connectivity index (χ2n) is 7.06. The molecule has 1 unspecified atom stereocenters. The highest BCUT2D eigenvalue weighted by molar-refractivity contribution is 5.89. The van der Waals surface area contributed by atoms with Crippen molar-refractivity contribution in [1.82, 2.24) is 4.90 Å². The topological polar surface area (TPSA) is 59.0 Å². The van der Waals surface area contributed by atoms with Crippen LogP contribution >= 0.6 is 0 Å². The van der Waals surface area contributed by atoms with Crippen molar-refractivity contribution in [2.75, 3.05) is 26.8 Å². The van der Waals surface area contributed by atoms with Gasteiger partial charge in [0.15, 0.2) is 0 Å². The lowest BCUT2D eigenvalue weighted by Gasteiger charge is -2.34. The van der Waals surface area contributed by atoms with E-state index >= 15 is 0 Å². The summed E-state index contributed by atoms with van der Waals surface area (Å²) in [6, 6.07) is 7.37. The third kappa shape index (κ3) is 6.33. The number of rotatable bonds is 8. The SMILES string of the molecule is CCOC(=O)c1ccc(OCC(O)CN(C)C2CCC(C)CC2)cc1. The Hall–Kier alpha value is -1.59. The van der Waals surface area contributed by atoms with E-state index in [0.29, 0.717) is 30.5 Å². The van der Waals surface area contributed by atoms with Crippen molar-refractivity contribution in [2.45, 2.75) is 51.7 Å². The smallest absolute Gasteiger partial charge is 0.338 e. The van der Waals surface area contributed by atoms with Gasteiger partial charge in [0.05, 0.1) is 12.2 Å². The monoisotopic (exact) mass is 349 g/mol. The third-order valence-electron chi connectivity index (χ3n) is 4.92. The molecule has 1 N–H and O–H groups in total. The molecule has 1 aliphatic rings. The number of ether oxygens (including phenoxy) is 2. The fourth-order valence-corrected chi connectivity index (χ4v) is 3.31. The van der Waals surface area contributed by atoms with Crippen LogP contribution in [0.15, 0.2) is 24.3 Å². The number of esters is 1. The van der Waals surface area contributed by atoms with E-state index in [1.54, 1.807) is 31.2 Å². The van der Waals surface area contributed by atoms with Gasteiger partial charge in [-0.3, -0.25) is 0 Å². The maximum atomic E-state index is 11.6. The predicted octanol–water partition coefficient (Wildman–Crippen LogP) is 3.11. The molecule has 2 rings (SSSR count). The number of aliphatic hydroxyl groups excluding tert-OH is 1. The van der Waals surface area contributed by atoms with Crippen LogP contribution in [0.5, 0.6) is 5.75 Å². The van der Waals surface area contributed by atoms with Crippen LogP contribution in [0.25, 0.3) is 0 Å². The Morgan fingerprint density at radius 3 is 2.48 bits per heavy atom. The van der Waals surface area contributed by atoms with Gasteiger partial charge in [0.25, 0.3) is 0 Å². The van der Waals surface area contributed by atoms with Crippen LogP contribution in [0.2, 0.25) is 0 Å². The zero-order chi connectivity index (χ0) is 18.2. The molecule has 1 aromatic rings. The summed E-state index contributed by atoms with van der Waals surface area (Å²) in [5, 5.41) is 10.2. The summed E-state index contributed by atoms with van der Waals surface area (Å²) in [5.41, 5.74) is 0.501. The summed E-state index contributed by atoms with van der Waals surface area (Å²) >= 11 is 0. The van der Waals surface area contributed by atoms with Crippen LogP contribution in [0.3, 0.4) is 0 Å². The van der Waals surface area contributed by atoms with Gasteiger partial charge in [0.1, 0.15) is 18.5 Å². The largest absolute Gasteiger partial charge is 0.491 e. The molecule has 0 spiro atoms. The molecule has 0 amide bonds. The maximum absolute atomic E-state index is 11.6. The van der Waals surface area contributed by atoms with Crippen LogP contribution < -0.4 is 4.74 Å². The summed E-state index contributed by atoms with van der Waals surface area (Å²) in [5.74, 6) is 1.13. The zero-order valence-electron chi connectivity index (χ0n) is 15.6. The molecule has 1 aromatic carbocycles. The van der Waals surface area contributed by atoms with Crippen molar-refractivity contribution >= 4 is 5.97 Å². The molecule has 1 saturated carbocycles. The minimum atomic E-state index is -0.533. The van der Waals surface area contributed by atoms with E-state index in [4.69, 9.17) is 9.47 Å². The molecule has 1 fully saturated rings. The second kappa shape index (κ2) is 9.78. The Labute approximate surface area is 150 Å². The Morgan fingerprint density at radius 2 is 1.88 bits per heavy atom. The number of aliphatic hydroxyl groups is 1. The Balaban J connectivity index is 1.74. The van der Waals surface area contributed by atoms with Gasteiger partial charge in [0.2, 0.25) is 0 Å². The van der Waals surface area contributed by atoms with Gasteiger partial charge in [0, 0.05) is 12.6 Å². The van der Waals surface area contributed by atoms with Crippen LogP contribution in [-0.2, 0) is 4.74 Å². The van der Waals surface area contributed by atoms with Gasteiger partial charge in [-0.15, -0.1) is 0 Å². The first kappa shape index (κ1) is 19.7. The minimum absolute atomic E-state index is 0.242. The van der Waals surface area contributed by atoms with Crippen molar-refractivity contribution in [2.24, 2.45) is 5.92 Å². The van der Waals surface area contributed by atoms with Gasteiger partial charge in [-0.05, 0) is 69.8 Å². The normalized spacial score (nSPS) is 21.8. The summed E-state index contributed by atoms with van der Waals surface area (Å²) in [6.07, 6.45) is 4.43. The molecule has 0 aromatic heterocycles. The van der Waals surface area contributed by atoms with Gasteiger partial charge in [-0.25, -0.2) is 4.79 Å². The molecule has 0 bridgehead atoms. The lowest BCUT2D eigenvalue weighted by Crippen LogP contribution is -2.41. The third-order valence-corrected chi connectivity index (χ3v) is 4.92. The standard InChI is InChI=1S/C20H31NO4/c1-4-24-20(23)16-7-11-19(12-8-16)25-14-18(22)13-21(3)17-9-5-15(2)6-10-17/h7-8,11-12,15,17-18,22H,4-6,9-10,13-14H2,1-3H3. The Kier molecular flexibility index (Phi) is 7.72. The van der Waals surface area contributed by atoms with Crippen LogP contribution in [0.1, 0.15) is 49.9 Å². The maximum Gasteiger partial charge on any atom is 0.338 e. The fourth-order valence-electron chi connectivity index (χ4n) is 3.31. The van der Waals surface area contributed by atoms with Gasteiger partial charge in [-0.1, -0.05) is 6.92 Å². The molecule has 1 aliphatic carbocycles. The number of hydrogen-bond acceptors (Lipinski definition) is 5. The molecule has 25 heavy (non-hydrogen) atoms. The van der Waals surface area contributed by atoms with Crippen molar-refractivity contribution in [1.29, 1.82) is 0 Å². The van der Waals surface area contributed by atoms with Crippen LogP contribution in [-0.4, -0.2) is 54.9 Å². The van der Waals surface area contributed by atoms with E-state index in [2.05, 4.69) is 18.9 Å². The molecule has 0 saturated heterocycles. The van der Waals surface area contributed by atoms with Crippen LogP contribution in [0.4, 0.5) is 0 Å². The molecular formula is C20H31NO4. The number of carbonyl (C=O) groups excluding carboxylic acids is 1. The first-order valence-electron chi connectivity index (χ1n) is 9.27. The average molecular weight is 349 g/mol. The van der Waals surface area contributed by atoms with Gasteiger partial charge < -0.3 is 19.5 Å². The van der Waals surface area contributed by atoms with E-state index in [0.717, 1.165) is 5.92 Å². The number of likely N-dealkylation sites (N-methyl/N-ethyl adjacent to an activating group) is 1. The molecular weight excluding hydrogens is 318 g/mol. The number of hydrogen-bond donors (Lipinski definition) is 1. The molecule has 5 heteroatoms.